The van der Waals surface area contributed by atoms with Crippen LogP contribution in [0, 0.1) is 11.6 Å². The van der Waals surface area contributed by atoms with Crippen molar-refractivity contribution in [2.45, 2.75) is 0 Å². The van der Waals surface area contributed by atoms with Gasteiger partial charge in [-0.05, 0) is 54.6 Å². The molecule has 13 heteroatoms. The Morgan fingerprint density at radius 3 is 1.88 bits per heavy atom. The minimum absolute atomic E-state index is 0.282. The fraction of sp³-hybridized carbons (Fsp3) is 0.0345. The molecule has 0 fully saturated rings. The fourth-order valence-corrected chi connectivity index (χ4v) is 4.25. The normalized spacial score (nSPS) is 10.9. The highest BCUT2D eigenvalue weighted by Gasteiger charge is 2.14. The highest BCUT2D eigenvalue weighted by molar-refractivity contribution is 6.02. The Morgan fingerprint density at radius 2 is 1.31 bits per heavy atom. The molecule has 2 aromatic carbocycles. The quantitative estimate of drug-likeness (QED) is 0.318. The Kier molecular flexibility index (Phi) is 6.80. The first-order chi connectivity index (χ1) is 20.4. The van der Waals surface area contributed by atoms with E-state index in [1.54, 1.807) is 92.4 Å². The van der Waals surface area contributed by atoms with Gasteiger partial charge in [-0.3, -0.25) is 9.48 Å². The SMILES string of the molecule is Cn1ccc(C(=O)Nc2ccc3ncc(-c4ccccc4F)n3n2)n1.Nc1ccc2ncc(-c3ccccc3F)n2n1. The number of nitrogens with zero attached hydrogens (tertiary/aromatic N) is 8. The number of fused-ring (bicyclic) bond motifs is 2. The fourth-order valence-electron chi connectivity index (χ4n) is 4.25. The van der Waals surface area contributed by atoms with E-state index in [1.807, 2.05) is 0 Å². The summed E-state index contributed by atoms with van der Waals surface area (Å²) in [6.45, 7) is 0. The van der Waals surface area contributed by atoms with Crippen molar-refractivity contribution < 1.29 is 13.6 Å². The summed E-state index contributed by atoms with van der Waals surface area (Å²) in [5.41, 5.74) is 9.01. The summed E-state index contributed by atoms with van der Waals surface area (Å²) < 4.78 is 32.3. The molecular weight excluding hydrogens is 542 g/mol. The van der Waals surface area contributed by atoms with Gasteiger partial charge in [0.2, 0.25) is 0 Å². The van der Waals surface area contributed by atoms with Crippen LogP contribution in [0.3, 0.4) is 0 Å². The predicted molar refractivity (Wildman–Crippen MR) is 152 cm³/mol. The summed E-state index contributed by atoms with van der Waals surface area (Å²) in [4.78, 5) is 20.6. The zero-order chi connectivity index (χ0) is 29.2. The lowest BCUT2D eigenvalue weighted by molar-refractivity contribution is 0.102. The lowest BCUT2D eigenvalue weighted by Crippen LogP contribution is -2.15. The molecule has 1 amide bonds. The van der Waals surface area contributed by atoms with Crippen LogP contribution in [0.4, 0.5) is 20.4 Å². The Labute approximate surface area is 236 Å². The van der Waals surface area contributed by atoms with E-state index < -0.39 is 0 Å². The molecule has 0 spiro atoms. The monoisotopic (exact) mass is 564 g/mol. The molecule has 5 aromatic heterocycles. The molecule has 0 bridgehead atoms. The number of anilines is 2. The molecule has 0 aliphatic rings. The second-order valence-electron chi connectivity index (χ2n) is 9.09. The van der Waals surface area contributed by atoms with Crippen LogP contribution in [0.5, 0.6) is 0 Å². The third-order valence-corrected chi connectivity index (χ3v) is 6.23. The van der Waals surface area contributed by atoms with Crippen LogP contribution >= 0.6 is 0 Å². The van der Waals surface area contributed by atoms with Gasteiger partial charge in [-0.2, -0.15) is 5.10 Å². The van der Waals surface area contributed by atoms with Crippen molar-refractivity contribution >= 4 is 28.8 Å². The Morgan fingerprint density at radius 1 is 0.738 bits per heavy atom. The number of carbonyl (C=O) groups is 1. The Balaban J connectivity index is 0.000000162. The molecule has 11 nitrogen and oxygen atoms in total. The zero-order valence-corrected chi connectivity index (χ0v) is 22.1. The summed E-state index contributed by atoms with van der Waals surface area (Å²) in [5.74, 6) is -0.362. The van der Waals surface area contributed by atoms with Crippen LogP contribution in [0.1, 0.15) is 10.5 Å². The molecule has 5 heterocycles. The van der Waals surface area contributed by atoms with Gasteiger partial charge in [-0.25, -0.2) is 27.8 Å². The highest BCUT2D eigenvalue weighted by atomic mass is 19.1. The Hall–Kier alpha value is -5.98. The number of benzene rings is 2. The molecule has 0 aliphatic carbocycles. The van der Waals surface area contributed by atoms with Crippen molar-refractivity contribution in [1.29, 1.82) is 0 Å². The summed E-state index contributed by atoms with van der Waals surface area (Å²) in [6, 6.07) is 21.2. The summed E-state index contributed by atoms with van der Waals surface area (Å²) in [5, 5.41) is 15.2. The van der Waals surface area contributed by atoms with Gasteiger partial charge in [-0.15, -0.1) is 10.2 Å². The number of nitrogen functional groups attached to an aromatic ring is 1. The molecule has 0 atom stereocenters. The summed E-state index contributed by atoms with van der Waals surface area (Å²) >= 11 is 0. The molecular formula is C29H22F2N10O. The number of rotatable bonds is 4. The first kappa shape index (κ1) is 26.3. The van der Waals surface area contributed by atoms with E-state index in [-0.39, 0.29) is 23.2 Å². The number of nitrogens with two attached hydrogens (primary N) is 1. The molecule has 0 saturated heterocycles. The van der Waals surface area contributed by atoms with Crippen molar-refractivity contribution in [3.8, 4) is 22.5 Å². The maximum Gasteiger partial charge on any atom is 0.277 e. The van der Waals surface area contributed by atoms with Crippen LogP contribution in [0.15, 0.2) is 97.5 Å². The molecule has 7 rings (SSSR count). The van der Waals surface area contributed by atoms with Crippen LogP contribution in [0.25, 0.3) is 33.8 Å². The maximum atomic E-state index is 14.1. The second-order valence-corrected chi connectivity index (χ2v) is 9.09. The number of hydrogen-bond acceptors (Lipinski definition) is 7. The van der Waals surface area contributed by atoms with Crippen LogP contribution < -0.4 is 11.1 Å². The van der Waals surface area contributed by atoms with Gasteiger partial charge in [0, 0.05) is 24.4 Å². The average molecular weight is 565 g/mol. The molecule has 0 radical (unpaired) electrons. The van der Waals surface area contributed by atoms with E-state index in [4.69, 9.17) is 5.73 Å². The first-order valence-corrected chi connectivity index (χ1v) is 12.6. The third kappa shape index (κ3) is 5.13. The van der Waals surface area contributed by atoms with Crippen LogP contribution in [-0.4, -0.2) is 44.9 Å². The van der Waals surface area contributed by atoms with E-state index in [2.05, 4.69) is 30.6 Å². The van der Waals surface area contributed by atoms with Crippen LogP contribution in [-0.2, 0) is 7.05 Å². The van der Waals surface area contributed by atoms with Crippen LogP contribution in [0.2, 0.25) is 0 Å². The van der Waals surface area contributed by atoms with Gasteiger partial charge < -0.3 is 11.1 Å². The van der Waals surface area contributed by atoms with E-state index >= 15 is 0 Å². The molecule has 7 aromatic rings. The van der Waals surface area contributed by atoms with E-state index in [1.165, 1.54) is 25.8 Å². The van der Waals surface area contributed by atoms with Crippen molar-refractivity contribution in [1.82, 2.24) is 39.0 Å². The lowest BCUT2D eigenvalue weighted by Gasteiger charge is -2.06. The number of carbonyl (C=O) groups excluding carboxylic acids is 1. The van der Waals surface area contributed by atoms with E-state index in [9.17, 15) is 13.6 Å². The predicted octanol–water partition coefficient (Wildman–Crippen LogP) is 4.64. The smallest absolute Gasteiger partial charge is 0.277 e. The Bertz CT molecular complexity index is 2060. The number of halogens is 2. The van der Waals surface area contributed by atoms with E-state index in [0.29, 0.717) is 45.4 Å². The number of hydrogen-bond donors (Lipinski definition) is 2. The van der Waals surface area contributed by atoms with Gasteiger partial charge in [-0.1, -0.05) is 24.3 Å². The average Bonchev–Trinajstić information content (AvgIpc) is 3.72. The molecule has 0 unspecified atom stereocenters. The zero-order valence-electron chi connectivity index (χ0n) is 22.1. The number of imidazole rings is 2. The number of amides is 1. The van der Waals surface area contributed by atoms with E-state index in [0.717, 1.165) is 0 Å². The maximum absolute atomic E-state index is 14.1. The van der Waals surface area contributed by atoms with Crippen molar-refractivity contribution in [3.63, 3.8) is 0 Å². The molecule has 3 N–H and O–H groups in total. The highest BCUT2D eigenvalue weighted by Crippen LogP contribution is 2.24. The molecule has 42 heavy (non-hydrogen) atoms. The van der Waals surface area contributed by atoms with Gasteiger partial charge in [0.1, 0.15) is 17.5 Å². The largest absolute Gasteiger partial charge is 0.382 e. The topological polar surface area (TPSA) is 133 Å². The first-order valence-electron chi connectivity index (χ1n) is 12.6. The van der Waals surface area contributed by atoms with Crippen molar-refractivity contribution in [2.75, 3.05) is 11.1 Å². The molecule has 208 valence electrons. The number of nitrogens with one attached hydrogen (secondary N) is 1. The van der Waals surface area contributed by atoms with Gasteiger partial charge in [0.15, 0.2) is 22.8 Å². The molecule has 0 saturated carbocycles. The minimum Gasteiger partial charge on any atom is -0.382 e. The standard InChI is InChI=1S/C17H13FN6O.C12H9FN4/c1-23-9-8-13(21-23)17(25)20-15-6-7-16-19-10-14(24(16)22-15)11-4-2-3-5-12(11)18;13-9-4-2-1-3-8(9)10-7-15-12-6-5-11(14)16-17(10)12/h2-10H,1H3,(H,20,22,25);1-7H,(H2,14,16). The third-order valence-electron chi connectivity index (χ3n) is 6.23. The van der Waals surface area contributed by atoms with Crippen molar-refractivity contribution in [2.24, 2.45) is 7.05 Å². The van der Waals surface area contributed by atoms with Gasteiger partial charge in [0.25, 0.3) is 5.91 Å². The summed E-state index contributed by atoms with van der Waals surface area (Å²) in [7, 11) is 1.73. The van der Waals surface area contributed by atoms with Gasteiger partial charge in [0.05, 0.1) is 23.8 Å². The lowest BCUT2D eigenvalue weighted by atomic mass is 10.1. The number of aromatic nitrogens is 8. The molecule has 0 aliphatic heterocycles. The van der Waals surface area contributed by atoms with Gasteiger partial charge >= 0.3 is 0 Å². The summed E-state index contributed by atoms with van der Waals surface area (Å²) in [6.07, 6.45) is 4.81. The minimum atomic E-state index is -0.375. The number of aryl methyl sites for hydroxylation is 1. The van der Waals surface area contributed by atoms with Crippen molar-refractivity contribution in [3.05, 3.63) is 115 Å². The second kappa shape index (κ2) is 10.9.